The van der Waals surface area contributed by atoms with Gasteiger partial charge in [0.15, 0.2) is 0 Å². The molecule has 2 fully saturated rings. The fourth-order valence-electron chi connectivity index (χ4n) is 1.75. The van der Waals surface area contributed by atoms with E-state index in [0.29, 0.717) is 5.75 Å². The molecule has 1 aliphatic carbocycles. The molecular formula is C8H14BrNO2S. The normalized spacial score (nSPS) is 30.5. The summed E-state index contributed by atoms with van der Waals surface area (Å²) >= 11 is 3.46. The first-order chi connectivity index (χ1) is 6.08. The zero-order chi connectivity index (χ0) is 9.53. The van der Waals surface area contributed by atoms with Crippen molar-refractivity contribution in [3.63, 3.8) is 0 Å². The van der Waals surface area contributed by atoms with E-state index in [1.807, 2.05) is 0 Å². The van der Waals surface area contributed by atoms with Crippen molar-refractivity contribution < 1.29 is 8.42 Å². The van der Waals surface area contributed by atoms with Gasteiger partial charge in [-0.2, -0.15) is 0 Å². The summed E-state index contributed by atoms with van der Waals surface area (Å²) in [7, 11) is -2.88. The monoisotopic (exact) mass is 267 g/mol. The highest BCUT2D eigenvalue weighted by molar-refractivity contribution is 9.09. The Morgan fingerprint density at radius 1 is 1.38 bits per heavy atom. The van der Waals surface area contributed by atoms with Gasteiger partial charge in [-0.15, -0.1) is 0 Å². The number of rotatable bonds is 3. The van der Waals surface area contributed by atoms with E-state index in [1.165, 1.54) is 12.8 Å². The molecule has 0 spiro atoms. The second kappa shape index (κ2) is 3.21. The molecule has 0 amide bonds. The van der Waals surface area contributed by atoms with Crippen LogP contribution in [0.5, 0.6) is 0 Å². The summed E-state index contributed by atoms with van der Waals surface area (Å²) in [5, 5.41) is 0.937. The van der Waals surface area contributed by atoms with Gasteiger partial charge in [0, 0.05) is 18.4 Å². The van der Waals surface area contributed by atoms with E-state index in [4.69, 9.17) is 0 Å². The molecule has 1 saturated carbocycles. The Hall–Kier alpha value is 0.390. The number of sulfonamides is 1. The maximum absolute atomic E-state index is 11.5. The van der Waals surface area contributed by atoms with E-state index in [-0.39, 0.29) is 5.41 Å². The Balaban J connectivity index is 2.03. The van der Waals surface area contributed by atoms with Crippen LogP contribution in [-0.2, 0) is 10.0 Å². The minimum Gasteiger partial charge on any atom is -0.212 e. The third-order valence-electron chi connectivity index (χ3n) is 2.96. The molecule has 1 heterocycles. The molecule has 0 aromatic heterocycles. The molecule has 0 atom stereocenters. The molecule has 2 rings (SSSR count). The first-order valence-electron chi connectivity index (χ1n) is 4.62. The summed E-state index contributed by atoms with van der Waals surface area (Å²) in [6, 6.07) is 0. The lowest BCUT2D eigenvalue weighted by molar-refractivity contribution is 0.369. The smallest absolute Gasteiger partial charge is 0.212 e. The van der Waals surface area contributed by atoms with Crippen LogP contribution < -0.4 is 0 Å². The van der Waals surface area contributed by atoms with Gasteiger partial charge in [0.05, 0.1) is 5.75 Å². The van der Waals surface area contributed by atoms with Gasteiger partial charge in [0.1, 0.15) is 0 Å². The number of nitrogens with zero attached hydrogens (tertiary/aromatic N) is 1. The third kappa shape index (κ3) is 1.92. The lowest BCUT2D eigenvalue weighted by Crippen LogP contribution is -2.32. The molecule has 2 aliphatic rings. The van der Waals surface area contributed by atoms with Gasteiger partial charge in [-0.3, -0.25) is 0 Å². The summed E-state index contributed by atoms with van der Waals surface area (Å²) < 4.78 is 24.7. The highest BCUT2D eigenvalue weighted by Gasteiger charge is 2.45. The summed E-state index contributed by atoms with van der Waals surface area (Å²) in [5.74, 6) is 0.353. The average molecular weight is 268 g/mol. The largest absolute Gasteiger partial charge is 0.214 e. The van der Waals surface area contributed by atoms with Gasteiger partial charge in [-0.05, 0) is 24.7 Å². The summed E-state index contributed by atoms with van der Waals surface area (Å²) in [6.07, 6.45) is 3.15. The van der Waals surface area contributed by atoms with Crippen LogP contribution in [0.4, 0.5) is 0 Å². The van der Waals surface area contributed by atoms with E-state index < -0.39 is 10.0 Å². The summed E-state index contributed by atoms with van der Waals surface area (Å²) in [6.45, 7) is 1.47. The zero-order valence-corrected chi connectivity index (χ0v) is 9.90. The van der Waals surface area contributed by atoms with Gasteiger partial charge in [-0.25, -0.2) is 12.7 Å². The maximum atomic E-state index is 11.5. The number of hydrogen-bond donors (Lipinski definition) is 0. The Bertz CT molecular complexity index is 297. The standard InChI is InChI=1S/C8H14BrNO2S/c9-6-8(2-3-8)7-10-4-1-5-13(10,11)12/h1-7H2. The molecule has 0 N–H and O–H groups in total. The quantitative estimate of drug-likeness (QED) is 0.721. The van der Waals surface area contributed by atoms with Gasteiger partial charge in [0.25, 0.3) is 0 Å². The lowest BCUT2D eigenvalue weighted by Gasteiger charge is -2.19. The molecule has 76 valence electrons. The van der Waals surface area contributed by atoms with Crippen LogP contribution in [0.15, 0.2) is 0 Å². The van der Waals surface area contributed by atoms with Crippen LogP contribution >= 0.6 is 15.9 Å². The molecule has 5 heteroatoms. The Morgan fingerprint density at radius 3 is 2.46 bits per heavy atom. The first-order valence-corrected chi connectivity index (χ1v) is 7.35. The molecule has 1 aliphatic heterocycles. The van der Waals surface area contributed by atoms with Gasteiger partial charge >= 0.3 is 0 Å². The van der Waals surface area contributed by atoms with E-state index >= 15 is 0 Å². The SMILES string of the molecule is O=S1(=O)CCCN1CC1(CBr)CC1. The average Bonchev–Trinajstić information content (AvgIpc) is 2.76. The fraction of sp³-hybridized carbons (Fsp3) is 1.00. The second-order valence-electron chi connectivity index (χ2n) is 4.14. The predicted octanol–water partition coefficient (Wildman–Crippen LogP) is 1.20. The number of alkyl halides is 1. The third-order valence-corrected chi connectivity index (χ3v) is 6.05. The van der Waals surface area contributed by atoms with Crippen molar-refractivity contribution in [2.45, 2.75) is 19.3 Å². The van der Waals surface area contributed by atoms with Gasteiger partial charge in [-0.1, -0.05) is 15.9 Å². The summed E-state index contributed by atoms with van der Waals surface area (Å²) in [4.78, 5) is 0. The minimum absolute atomic E-state index is 0.275. The molecule has 0 aromatic rings. The second-order valence-corrected chi connectivity index (χ2v) is 6.79. The molecule has 0 bridgehead atoms. The van der Waals surface area contributed by atoms with E-state index in [1.54, 1.807) is 4.31 Å². The summed E-state index contributed by atoms with van der Waals surface area (Å²) in [5.41, 5.74) is 0.275. The van der Waals surface area contributed by atoms with Crippen molar-refractivity contribution in [2.75, 3.05) is 24.2 Å². The minimum atomic E-state index is -2.88. The Kier molecular flexibility index (Phi) is 2.45. The topological polar surface area (TPSA) is 37.4 Å². The molecule has 0 radical (unpaired) electrons. The van der Waals surface area contributed by atoms with Crippen molar-refractivity contribution in [1.82, 2.24) is 4.31 Å². The van der Waals surface area contributed by atoms with Crippen LogP contribution in [0.2, 0.25) is 0 Å². The van der Waals surface area contributed by atoms with Gasteiger partial charge in [0.2, 0.25) is 10.0 Å². The highest BCUT2D eigenvalue weighted by Crippen LogP contribution is 2.48. The van der Waals surface area contributed by atoms with Crippen molar-refractivity contribution in [1.29, 1.82) is 0 Å². The van der Waals surface area contributed by atoms with Crippen molar-refractivity contribution >= 4 is 26.0 Å². The van der Waals surface area contributed by atoms with E-state index in [9.17, 15) is 8.42 Å². The molecule has 0 aromatic carbocycles. The molecule has 13 heavy (non-hydrogen) atoms. The van der Waals surface area contributed by atoms with E-state index in [2.05, 4.69) is 15.9 Å². The highest BCUT2D eigenvalue weighted by atomic mass is 79.9. The van der Waals surface area contributed by atoms with Crippen LogP contribution in [0, 0.1) is 5.41 Å². The molecule has 0 unspecified atom stereocenters. The van der Waals surface area contributed by atoms with Crippen molar-refractivity contribution in [2.24, 2.45) is 5.41 Å². The fourth-order valence-corrected chi connectivity index (χ4v) is 4.12. The predicted molar refractivity (Wildman–Crippen MR) is 55.4 cm³/mol. The molecule has 3 nitrogen and oxygen atoms in total. The van der Waals surface area contributed by atoms with Crippen LogP contribution in [0.25, 0.3) is 0 Å². The number of halogens is 1. The zero-order valence-electron chi connectivity index (χ0n) is 7.50. The first kappa shape index (κ1) is 9.93. The van der Waals surface area contributed by atoms with Crippen molar-refractivity contribution in [3.05, 3.63) is 0 Å². The van der Waals surface area contributed by atoms with Crippen molar-refractivity contribution in [3.8, 4) is 0 Å². The number of hydrogen-bond acceptors (Lipinski definition) is 2. The van der Waals surface area contributed by atoms with Crippen LogP contribution in [0.1, 0.15) is 19.3 Å². The van der Waals surface area contributed by atoms with E-state index in [0.717, 1.165) is 24.8 Å². The Morgan fingerprint density at radius 2 is 2.08 bits per heavy atom. The van der Waals surface area contributed by atoms with Crippen LogP contribution in [-0.4, -0.2) is 36.9 Å². The lowest BCUT2D eigenvalue weighted by atomic mass is 10.1. The van der Waals surface area contributed by atoms with Gasteiger partial charge < -0.3 is 0 Å². The Labute approximate surface area is 87.7 Å². The molecular weight excluding hydrogens is 254 g/mol. The van der Waals surface area contributed by atoms with Crippen LogP contribution in [0.3, 0.4) is 0 Å². The molecule has 1 saturated heterocycles. The maximum Gasteiger partial charge on any atom is 0.214 e.